The van der Waals surface area contributed by atoms with Gasteiger partial charge in [-0.25, -0.2) is 9.37 Å². The van der Waals surface area contributed by atoms with E-state index in [1.165, 1.54) is 5.56 Å². The number of fused-ring (bicyclic) bond motifs is 1. The molecule has 3 heteroatoms. The Balaban J connectivity index is 1.77. The first kappa shape index (κ1) is 20.0. The molecule has 0 spiro atoms. The van der Waals surface area contributed by atoms with Gasteiger partial charge in [0.05, 0.1) is 17.3 Å². The van der Waals surface area contributed by atoms with Crippen molar-refractivity contribution >= 4 is 17.0 Å². The average Bonchev–Trinajstić information content (AvgIpc) is 2.67. The fourth-order valence-corrected chi connectivity index (χ4v) is 3.21. The van der Waals surface area contributed by atoms with Gasteiger partial charge in [-0.15, -0.1) is 6.58 Å². The number of nitrogens with zero attached hydrogens (tertiary/aromatic N) is 1. The second-order valence-electron chi connectivity index (χ2n) is 7.14. The van der Waals surface area contributed by atoms with Gasteiger partial charge in [0.15, 0.2) is 0 Å². The Labute approximate surface area is 166 Å². The number of hydrogen-bond donors (Lipinski definition) is 1. The number of unbranched alkanes of at least 4 members (excludes halogenated alkanes) is 1. The zero-order chi connectivity index (χ0) is 19.9. The quantitative estimate of drug-likeness (QED) is 0.368. The molecule has 0 radical (unpaired) electrons. The van der Waals surface area contributed by atoms with E-state index in [2.05, 4.69) is 17.6 Å². The maximum absolute atomic E-state index is 14.7. The summed E-state index contributed by atoms with van der Waals surface area (Å²) in [7, 11) is 0. The van der Waals surface area contributed by atoms with Crippen molar-refractivity contribution < 1.29 is 9.50 Å². The number of aromatic nitrogens is 1. The normalized spacial score (nSPS) is 12.5. The minimum absolute atomic E-state index is 0.270. The number of aliphatic hydroxyl groups is 1. The zero-order valence-corrected chi connectivity index (χ0v) is 16.2. The molecule has 0 saturated carbocycles. The highest BCUT2D eigenvalue weighted by atomic mass is 19.1. The molecular formula is C25H26FNO. The van der Waals surface area contributed by atoms with E-state index in [-0.39, 0.29) is 11.9 Å². The van der Waals surface area contributed by atoms with Crippen molar-refractivity contribution in [2.75, 3.05) is 0 Å². The van der Waals surface area contributed by atoms with E-state index in [9.17, 15) is 9.50 Å². The number of pyridine rings is 1. The Hall–Kier alpha value is -2.78. The van der Waals surface area contributed by atoms with Crippen molar-refractivity contribution in [3.8, 4) is 11.3 Å². The molecule has 28 heavy (non-hydrogen) atoms. The Morgan fingerprint density at radius 3 is 2.75 bits per heavy atom. The van der Waals surface area contributed by atoms with Crippen LogP contribution in [0.15, 0.2) is 67.3 Å². The number of rotatable bonds is 8. The summed E-state index contributed by atoms with van der Waals surface area (Å²) in [5, 5.41) is 10.3. The fourth-order valence-electron chi connectivity index (χ4n) is 3.21. The van der Waals surface area contributed by atoms with Crippen LogP contribution in [0.2, 0.25) is 0 Å². The minimum Gasteiger partial charge on any atom is -0.393 e. The number of halogens is 1. The number of allylic oxidation sites excluding steroid dienone is 2. The van der Waals surface area contributed by atoms with Gasteiger partial charge in [-0.3, -0.25) is 0 Å². The lowest BCUT2D eigenvalue weighted by atomic mass is 10.0. The zero-order valence-electron chi connectivity index (χ0n) is 16.2. The second-order valence-corrected chi connectivity index (χ2v) is 7.14. The number of aliphatic hydroxyl groups excluding tert-OH is 1. The summed E-state index contributed by atoms with van der Waals surface area (Å²) in [5.41, 5.74) is 4.00. The Morgan fingerprint density at radius 2 is 2.00 bits per heavy atom. The lowest BCUT2D eigenvalue weighted by Crippen LogP contribution is -1.97. The third kappa shape index (κ3) is 5.14. The van der Waals surface area contributed by atoms with Crippen LogP contribution in [0.4, 0.5) is 4.39 Å². The van der Waals surface area contributed by atoms with Crippen LogP contribution in [-0.2, 0) is 6.42 Å². The van der Waals surface area contributed by atoms with E-state index in [1.807, 2.05) is 48.6 Å². The summed E-state index contributed by atoms with van der Waals surface area (Å²) in [6.45, 7) is 5.56. The molecule has 2 aromatic carbocycles. The highest BCUT2D eigenvalue weighted by molar-refractivity contribution is 5.82. The summed E-state index contributed by atoms with van der Waals surface area (Å²) in [4.78, 5) is 4.63. The van der Waals surface area contributed by atoms with Gasteiger partial charge in [0.25, 0.3) is 0 Å². The Kier molecular flexibility index (Phi) is 6.72. The highest BCUT2D eigenvalue weighted by Crippen LogP contribution is 2.25. The third-order valence-corrected chi connectivity index (χ3v) is 4.71. The van der Waals surface area contributed by atoms with Crippen LogP contribution < -0.4 is 0 Å². The Morgan fingerprint density at radius 1 is 1.14 bits per heavy atom. The first-order chi connectivity index (χ1) is 13.6. The van der Waals surface area contributed by atoms with Crippen LogP contribution >= 0.6 is 0 Å². The van der Waals surface area contributed by atoms with Crippen LogP contribution in [0.25, 0.3) is 28.2 Å². The van der Waals surface area contributed by atoms with Gasteiger partial charge in [0, 0.05) is 10.9 Å². The molecule has 2 nitrogen and oxygen atoms in total. The molecule has 0 aliphatic heterocycles. The van der Waals surface area contributed by atoms with Gasteiger partial charge in [-0.05, 0) is 74.1 Å². The van der Waals surface area contributed by atoms with E-state index in [4.69, 9.17) is 0 Å². The summed E-state index contributed by atoms with van der Waals surface area (Å²) in [6.07, 6.45) is 8.93. The third-order valence-electron chi connectivity index (χ3n) is 4.71. The molecule has 0 aliphatic rings. The largest absolute Gasteiger partial charge is 0.393 e. The van der Waals surface area contributed by atoms with Gasteiger partial charge in [0.2, 0.25) is 0 Å². The van der Waals surface area contributed by atoms with E-state index < -0.39 is 0 Å². The van der Waals surface area contributed by atoms with Crippen molar-refractivity contribution in [3.63, 3.8) is 0 Å². The molecular weight excluding hydrogens is 349 g/mol. The Bertz CT molecular complexity index is 991. The molecule has 1 atom stereocenters. The summed E-state index contributed by atoms with van der Waals surface area (Å²) in [6, 6.07) is 15.2. The maximum Gasteiger partial charge on any atom is 0.133 e. The molecule has 0 amide bonds. The van der Waals surface area contributed by atoms with Gasteiger partial charge < -0.3 is 5.11 Å². The first-order valence-corrected chi connectivity index (χ1v) is 9.72. The molecule has 1 aromatic heterocycles. The molecule has 1 N–H and O–H groups in total. The second kappa shape index (κ2) is 9.43. The van der Waals surface area contributed by atoms with Crippen molar-refractivity contribution in [2.45, 2.75) is 38.7 Å². The standard InChI is InChI=1S/C25H26FNO/c1-3-7-19-11-14-24-21(16-19)12-15-25(27-24)22-13-10-20(17-23(22)26)9-6-4-5-8-18(2)28/h3,6,9-18,28H,1,4-5,7-8H2,2H3/b9-6+. The van der Waals surface area contributed by atoms with Gasteiger partial charge in [-0.2, -0.15) is 0 Å². The molecule has 0 aliphatic carbocycles. The smallest absolute Gasteiger partial charge is 0.133 e. The predicted octanol–water partition coefficient (Wildman–Crippen LogP) is 6.33. The molecule has 3 rings (SSSR count). The van der Waals surface area contributed by atoms with Crippen molar-refractivity contribution in [1.29, 1.82) is 0 Å². The van der Waals surface area contributed by atoms with Crippen LogP contribution in [-0.4, -0.2) is 16.2 Å². The SMILES string of the molecule is C=CCc1ccc2nc(-c3ccc(/C=C/CCCC(C)O)cc3F)ccc2c1. The average molecular weight is 375 g/mol. The van der Waals surface area contributed by atoms with Gasteiger partial charge >= 0.3 is 0 Å². The lowest BCUT2D eigenvalue weighted by molar-refractivity contribution is 0.182. The maximum atomic E-state index is 14.7. The molecule has 1 heterocycles. The van der Waals surface area contributed by atoms with E-state index in [1.54, 1.807) is 19.1 Å². The van der Waals surface area contributed by atoms with E-state index in [0.717, 1.165) is 42.1 Å². The van der Waals surface area contributed by atoms with Crippen molar-refractivity contribution in [1.82, 2.24) is 4.98 Å². The predicted molar refractivity (Wildman–Crippen MR) is 116 cm³/mol. The van der Waals surface area contributed by atoms with Crippen LogP contribution in [0.5, 0.6) is 0 Å². The molecule has 0 bridgehead atoms. The lowest BCUT2D eigenvalue weighted by Gasteiger charge is -2.07. The molecule has 0 fully saturated rings. The van der Waals surface area contributed by atoms with Crippen molar-refractivity contribution in [2.24, 2.45) is 0 Å². The number of hydrogen-bond acceptors (Lipinski definition) is 2. The van der Waals surface area contributed by atoms with Crippen LogP contribution in [0.3, 0.4) is 0 Å². The molecule has 144 valence electrons. The van der Waals surface area contributed by atoms with Gasteiger partial charge in [0.1, 0.15) is 5.82 Å². The summed E-state index contributed by atoms with van der Waals surface area (Å²) in [5.74, 6) is -0.277. The van der Waals surface area contributed by atoms with Crippen molar-refractivity contribution in [3.05, 3.63) is 84.2 Å². The summed E-state index contributed by atoms with van der Waals surface area (Å²) < 4.78 is 14.7. The topological polar surface area (TPSA) is 33.1 Å². The number of benzene rings is 2. The molecule has 1 unspecified atom stereocenters. The van der Waals surface area contributed by atoms with E-state index in [0.29, 0.717) is 11.3 Å². The van der Waals surface area contributed by atoms with Crippen LogP contribution in [0.1, 0.15) is 37.3 Å². The van der Waals surface area contributed by atoms with E-state index >= 15 is 0 Å². The molecule has 0 saturated heterocycles. The monoisotopic (exact) mass is 375 g/mol. The van der Waals surface area contributed by atoms with Crippen LogP contribution in [0, 0.1) is 5.82 Å². The first-order valence-electron chi connectivity index (χ1n) is 9.72. The highest BCUT2D eigenvalue weighted by Gasteiger charge is 2.08. The summed E-state index contributed by atoms with van der Waals surface area (Å²) >= 11 is 0. The van der Waals surface area contributed by atoms with Gasteiger partial charge in [-0.1, -0.05) is 36.4 Å². The minimum atomic E-state index is -0.277. The fraction of sp³-hybridized carbons (Fsp3) is 0.240. The molecule has 3 aromatic rings.